The lowest BCUT2D eigenvalue weighted by Crippen LogP contribution is -1.91. The Morgan fingerprint density at radius 1 is 0.409 bits per heavy atom. The molecule has 0 aliphatic rings. The van der Waals surface area contributed by atoms with Crippen LogP contribution >= 0.6 is 0 Å². The van der Waals surface area contributed by atoms with Crippen molar-refractivity contribution >= 4 is 76.2 Å². The molecule has 0 amide bonds. The lowest BCUT2D eigenvalue weighted by atomic mass is 9.84. The zero-order valence-corrected chi connectivity index (χ0v) is 22.4. The van der Waals surface area contributed by atoms with Crippen molar-refractivity contribution in [2.75, 3.05) is 0 Å². The zero-order valence-electron chi connectivity index (χ0n) is 39.4. The van der Waals surface area contributed by atoms with Crippen molar-refractivity contribution in [3.63, 3.8) is 0 Å². The van der Waals surface area contributed by atoms with Gasteiger partial charge in [0.2, 0.25) is 0 Å². The van der Waals surface area contributed by atoms with E-state index in [1.807, 2.05) is 12.1 Å². The number of para-hydroxylation sites is 1. The number of benzene rings is 8. The van der Waals surface area contributed by atoms with Gasteiger partial charge in [-0.1, -0.05) is 115 Å². The third-order valence-corrected chi connectivity index (χ3v) is 8.00. The summed E-state index contributed by atoms with van der Waals surface area (Å²) in [4.78, 5) is 0. The van der Waals surface area contributed by atoms with Crippen molar-refractivity contribution in [1.29, 1.82) is 0 Å². The van der Waals surface area contributed by atoms with E-state index in [4.69, 9.17) is 21.2 Å². The minimum atomic E-state index is -0.727. The molecule has 0 saturated heterocycles. The van der Waals surface area contributed by atoms with Gasteiger partial charge in [0.15, 0.2) is 11.2 Å². The molecule has 10 aromatic rings. The van der Waals surface area contributed by atoms with Crippen molar-refractivity contribution < 1.29 is 32.1 Å². The van der Waals surface area contributed by atoms with Gasteiger partial charge in [0.1, 0.15) is 11.2 Å². The van der Waals surface area contributed by atoms with E-state index in [-0.39, 0.29) is 71.0 Å². The molecule has 0 bridgehead atoms. The highest BCUT2D eigenvalue weighted by Crippen LogP contribution is 2.46. The van der Waals surface area contributed by atoms with Crippen LogP contribution in [-0.4, -0.2) is 0 Å². The first-order valence-electron chi connectivity index (χ1n) is 22.1. The maximum atomic E-state index is 9.80. The molecule has 0 fully saturated rings. The van der Waals surface area contributed by atoms with Gasteiger partial charge in [0, 0.05) is 21.5 Å². The summed E-state index contributed by atoms with van der Waals surface area (Å²) in [6, 6.07) is 1.68. The van der Waals surface area contributed by atoms with E-state index in [0.29, 0.717) is 10.9 Å². The average molecular weight is 578 g/mol. The van der Waals surface area contributed by atoms with Gasteiger partial charge in [-0.2, -0.15) is 0 Å². The van der Waals surface area contributed by atoms with E-state index >= 15 is 0 Å². The Hall–Kier alpha value is -5.86. The summed E-state index contributed by atoms with van der Waals surface area (Å²) in [6.45, 7) is 0. The van der Waals surface area contributed by atoms with Crippen molar-refractivity contribution in [3.05, 3.63) is 145 Å². The first kappa shape index (κ1) is 12.8. The first-order chi connectivity index (χ1) is 28.9. The third-order valence-electron chi connectivity index (χ3n) is 8.00. The van der Waals surface area contributed by atoms with Crippen LogP contribution in [-0.2, 0) is 0 Å². The van der Waals surface area contributed by atoms with E-state index in [2.05, 4.69) is 0 Å². The average Bonchev–Trinajstić information content (AvgIpc) is 3.86. The van der Waals surface area contributed by atoms with Crippen LogP contribution in [0.4, 0.5) is 0 Å². The maximum absolute atomic E-state index is 9.80. The minimum absolute atomic E-state index is 0.0531. The highest BCUT2D eigenvalue weighted by Gasteiger charge is 2.20. The predicted molar refractivity (Wildman–Crippen MR) is 184 cm³/mol. The number of fused-ring (bicyclic) bond motifs is 10. The summed E-state index contributed by atoms with van der Waals surface area (Å²) in [5, 5.41) is -0.538. The molecule has 8 aromatic carbocycles. The van der Waals surface area contributed by atoms with Crippen molar-refractivity contribution in [2.45, 2.75) is 0 Å². The van der Waals surface area contributed by atoms with Crippen LogP contribution in [0.3, 0.4) is 0 Å². The van der Waals surface area contributed by atoms with E-state index in [1.165, 1.54) is 0 Å². The fourth-order valence-corrected chi connectivity index (χ4v) is 6.13. The quantitative estimate of drug-likeness (QED) is 0.191. The molecule has 204 valence electrons. The van der Waals surface area contributed by atoms with Gasteiger partial charge in [-0.05, 0) is 84.8 Å². The second kappa shape index (κ2) is 8.82. The molecule has 0 aliphatic heterocycles. The Morgan fingerprint density at radius 2 is 0.977 bits per heavy atom. The second-order valence-corrected chi connectivity index (χ2v) is 10.3. The van der Waals surface area contributed by atoms with E-state index in [9.17, 15) is 11.0 Å². The molecular formula is C42H24O2. The molecular weight excluding hydrogens is 536 g/mol. The number of hydrogen-bond donors (Lipinski definition) is 0. The van der Waals surface area contributed by atoms with Gasteiger partial charge < -0.3 is 8.83 Å². The standard InChI is InChI=1S/C42H24O2/c1-2-12-27-25(10-1)11-9-18-29(27)40-32-16-5-3-14-30(32)39(31-15-4-6-17-33(31)40)26-20-23-38-36(24-26)35-22-21-34-28-13-7-8-19-37(28)43-41(34)42(35)44-38/h1-24H/i3D,4D,5D,6D,7D,8D,13D,14D,15D,16D,17D,19D,20D,21D,22D,23D,24D. The maximum Gasteiger partial charge on any atom is 0.178 e. The van der Waals surface area contributed by atoms with Gasteiger partial charge in [0.05, 0.1) is 23.3 Å². The summed E-state index contributed by atoms with van der Waals surface area (Å²) < 4.78 is 165. The molecule has 0 unspecified atom stereocenters. The summed E-state index contributed by atoms with van der Waals surface area (Å²) >= 11 is 0. The molecule has 0 radical (unpaired) electrons. The smallest absolute Gasteiger partial charge is 0.178 e. The summed E-state index contributed by atoms with van der Waals surface area (Å²) in [6.07, 6.45) is 0. The lowest BCUT2D eigenvalue weighted by Gasteiger charge is -2.18. The molecule has 44 heavy (non-hydrogen) atoms. The van der Waals surface area contributed by atoms with Crippen molar-refractivity contribution in [3.8, 4) is 22.3 Å². The van der Waals surface area contributed by atoms with Crippen molar-refractivity contribution in [2.24, 2.45) is 0 Å². The number of rotatable bonds is 2. The largest absolute Gasteiger partial charge is 0.452 e. The third kappa shape index (κ3) is 3.20. The van der Waals surface area contributed by atoms with Crippen molar-refractivity contribution in [1.82, 2.24) is 0 Å². The van der Waals surface area contributed by atoms with Gasteiger partial charge >= 0.3 is 0 Å². The SMILES string of the molecule is [2H]c1c([2H])c([2H])c2c(oc3c4oc5c([2H])c([2H])c(-c6c7c([2H])c([2H])c([2H])c([2H])c7c(-c7cccc8ccccc78)c7c([2H])c([2H])c([2H])c([2H])c67)c([2H])c5c4c([2H])c([2H])c32)c1[2H]. The Balaban J connectivity index is 1.48. The lowest BCUT2D eigenvalue weighted by molar-refractivity contribution is 0.633. The number of hydrogen-bond acceptors (Lipinski definition) is 2. The number of furan rings is 2. The molecule has 0 aliphatic carbocycles. The minimum Gasteiger partial charge on any atom is -0.452 e. The molecule has 2 heterocycles. The monoisotopic (exact) mass is 577 g/mol. The van der Waals surface area contributed by atoms with Gasteiger partial charge in [-0.25, -0.2) is 0 Å². The van der Waals surface area contributed by atoms with Gasteiger partial charge in [-0.15, -0.1) is 0 Å². The van der Waals surface area contributed by atoms with Gasteiger partial charge in [-0.3, -0.25) is 0 Å². The zero-order chi connectivity index (χ0) is 43.6. The molecule has 0 saturated carbocycles. The molecule has 0 spiro atoms. The highest BCUT2D eigenvalue weighted by atomic mass is 16.4. The Labute approximate surface area is 276 Å². The fourth-order valence-electron chi connectivity index (χ4n) is 6.13. The Kier molecular flexibility index (Phi) is 2.56. The Morgan fingerprint density at radius 3 is 1.70 bits per heavy atom. The van der Waals surface area contributed by atoms with Crippen LogP contribution < -0.4 is 0 Å². The summed E-state index contributed by atoms with van der Waals surface area (Å²) in [5.74, 6) is 0. The molecule has 2 nitrogen and oxygen atoms in total. The summed E-state index contributed by atoms with van der Waals surface area (Å²) in [5.41, 5.74) is -1.74. The fraction of sp³-hybridized carbons (Fsp3) is 0. The molecule has 2 heteroatoms. The molecule has 10 rings (SSSR count). The summed E-state index contributed by atoms with van der Waals surface area (Å²) in [7, 11) is 0. The van der Waals surface area contributed by atoms with E-state index in [1.54, 1.807) is 30.3 Å². The second-order valence-electron chi connectivity index (χ2n) is 10.3. The van der Waals surface area contributed by atoms with E-state index < -0.39 is 114 Å². The normalized spacial score (nSPS) is 17.5. The molecule has 0 atom stereocenters. The highest BCUT2D eigenvalue weighted by molar-refractivity contribution is 6.25. The van der Waals surface area contributed by atoms with E-state index in [0.717, 1.165) is 5.39 Å². The van der Waals surface area contributed by atoms with Crippen LogP contribution in [0.2, 0.25) is 0 Å². The van der Waals surface area contributed by atoms with Gasteiger partial charge in [0.25, 0.3) is 0 Å². The Bertz CT molecular complexity index is 3650. The van der Waals surface area contributed by atoms with Crippen LogP contribution in [0, 0.1) is 0 Å². The first-order valence-corrected chi connectivity index (χ1v) is 13.6. The topological polar surface area (TPSA) is 26.3 Å². The van der Waals surface area contributed by atoms with Crippen LogP contribution in [0.15, 0.2) is 154 Å². The van der Waals surface area contributed by atoms with Crippen LogP contribution in [0.5, 0.6) is 0 Å². The van der Waals surface area contributed by atoms with Crippen LogP contribution in [0.1, 0.15) is 23.3 Å². The predicted octanol–water partition coefficient (Wildman–Crippen LogP) is 12.3. The van der Waals surface area contributed by atoms with Crippen LogP contribution in [0.25, 0.3) is 98.4 Å². The molecule has 2 aromatic heterocycles. The molecule has 0 N–H and O–H groups in total.